The Kier molecular flexibility index (Phi) is 6.86. The summed E-state index contributed by atoms with van der Waals surface area (Å²) >= 11 is 1.38. The van der Waals surface area contributed by atoms with Crippen LogP contribution >= 0.6 is 11.8 Å². The van der Waals surface area contributed by atoms with E-state index in [4.69, 9.17) is 4.74 Å². The van der Waals surface area contributed by atoms with Crippen LogP contribution in [-0.4, -0.2) is 44.6 Å². The first-order valence-electron chi connectivity index (χ1n) is 10.6. The second-order valence-electron chi connectivity index (χ2n) is 7.77. The van der Waals surface area contributed by atoms with Gasteiger partial charge in [-0.25, -0.2) is 0 Å². The van der Waals surface area contributed by atoms with E-state index in [0.717, 1.165) is 17.7 Å². The number of rotatable bonds is 7. The van der Waals surface area contributed by atoms with Crippen molar-refractivity contribution in [2.45, 2.75) is 43.8 Å². The number of methoxy groups -OCH3 is 1. The molecular weight excluding hydrogens is 410 g/mol. The molecule has 2 heterocycles. The quantitative estimate of drug-likeness (QED) is 0.560. The molecule has 2 atom stereocenters. The average molecular weight is 438 g/mol. The van der Waals surface area contributed by atoms with Gasteiger partial charge in [-0.3, -0.25) is 14.3 Å². The molecule has 0 spiro atoms. The van der Waals surface area contributed by atoms with Crippen LogP contribution in [-0.2, 0) is 4.79 Å². The van der Waals surface area contributed by atoms with Crippen molar-refractivity contribution in [2.75, 3.05) is 12.9 Å². The molecule has 0 bridgehead atoms. The summed E-state index contributed by atoms with van der Waals surface area (Å²) in [4.78, 5) is 16.8. The molecule has 1 fully saturated rings. The van der Waals surface area contributed by atoms with Gasteiger partial charge in [-0.1, -0.05) is 43.7 Å². The number of carbonyl (C=O) groups excluding carboxylic acids is 1. The number of nitrogens with one attached hydrogen (secondary N) is 1. The summed E-state index contributed by atoms with van der Waals surface area (Å²) in [6, 6.07) is 11.8. The standard InChI is InChI=1S/C23H27N5O2S/c1-16-7-3-4-8-18(16)25-21(29)15-31-23-27-26-22(17-11-13-24-14-12-17)28(23)19-9-5-6-10-20(19)30-2/h5-6,9-14,16,18H,3-4,7-8,15H2,1-2H3,(H,25,29)/t16-,18-/m0/s1. The molecule has 0 radical (unpaired) electrons. The molecule has 8 heteroatoms. The zero-order chi connectivity index (χ0) is 21.6. The lowest BCUT2D eigenvalue weighted by atomic mass is 9.86. The fourth-order valence-corrected chi connectivity index (χ4v) is 4.75. The lowest BCUT2D eigenvalue weighted by Crippen LogP contribution is -2.41. The first-order chi connectivity index (χ1) is 15.2. The van der Waals surface area contributed by atoms with E-state index in [2.05, 4.69) is 27.4 Å². The summed E-state index contributed by atoms with van der Waals surface area (Å²) in [5.41, 5.74) is 1.71. The third kappa shape index (κ3) is 4.90. The van der Waals surface area contributed by atoms with Gasteiger partial charge in [-0.2, -0.15) is 0 Å². The highest BCUT2D eigenvalue weighted by Gasteiger charge is 2.24. The van der Waals surface area contributed by atoms with Crippen LogP contribution in [0.15, 0.2) is 53.9 Å². The highest BCUT2D eigenvalue weighted by Crippen LogP contribution is 2.32. The van der Waals surface area contributed by atoms with Gasteiger partial charge < -0.3 is 10.1 Å². The van der Waals surface area contributed by atoms with Crippen molar-refractivity contribution in [3.8, 4) is 22.8 Å². The van der Waals surface area contributed by atoms with E-state index in [1.54, 1.807) is 19.5 Å². The van der Waals surface area contributed by atoms with Gasteiger partial charge >= 0.3 is 0 Å². The van der Waals surface area contributed by atoms with Gasteiger partial charge in [0.1, 0.15) is 5.75 Å². The van der Waals surface area contributed by atoms with Crippen molar-refractivity contribution in [3.05, 3.63) is 48.8 Å². The van der Waals surface area contributed by atoms with Crippen LogP contribution in [0.1, 0.15) is 32.6 Å². The maximum absolute atomic E-state index is 12.7. The number of thioether (sulfide) groups is 1. The topological polar surface area (TPSA) is 81.9 Å². The van der Waals surface area contributed by atoms with Crippen molar-refractivity contribution in [1.29, 1.82) is 0 Å². The fraction of sp³-hybridized carbons (Fsp3) is 0.391. The van der Waals surface area contributed by atoms with E-state index in [0.29, 0.717) is 22.6 Å². The predicted molar refractivity (Wildman–Crippen MR) is 121 cm³/mol. The SMILES string of the molecule is COc1ccccc1-n1c(SCC(=O)N[C@H]2CCCC[C@@H]2C)nnc1-c1ccncc1. The first-order valence-corrected chi connectivity index (χ1v) is 11.6. The Hall–Kier alpha value is -2.87. The van der Waals surface area contributed by atoms with Crippen molar-refractivity contribution in [1.82, 2.24) is 25.1 Å². The number of benzene rings is 1. The molecule has 1 amide bonds. The molecule has 1 aliphatic rings. The van der Waals surface area contributed by atoms with E-state index in [1.807, 2.05) is 41.0 Å². The summed E-state index contributed by atoms with van der Waals surface area (Å²) in [5, 5.41) is 12.7. The number of pyridine rings is 1. The number of aromatic nitrogens is 4. The molecule has 2 aromatic heterocycles. The van der Waals surface area contributed by atoms with E-state index in [9.17, 15) is 4.79 Å². The van der Waals surface area contributed by atoms with Crippen molar-refractivity contribution >= 4 is 17.7 Å². The van der Waals surface area contributed by atoms with Crippen LogP contribution in [0.4, 0.5) is 0 Å². The van der Waals surface area contributed by atoms with Gasteiger partial charge in [0.15, 0.2) is 11.0 Å². The van der Waals surface area contributed by atoms with Gasteiger partial charge in [0, 0.05) is 24.0 Å². The average Bonchev–Trinajstić information content (AvgIpc) is 3.23. The molecule has 1 aliphatic carbocycles. The third-order valence-corrected chi connectivity index (χ3v) is 6.62. The summed E-state index contributed by atoms with van der Waals surface area (Å²) in [6.45, 7) is 2.22. The minimum atomic E-state index is 0.0313. The molecule has 31 heavy (non-hydrogen) atoms. The maximum atomic E-state index is 12.7. The maximum Gasteiger partial charge on any atom is 0.230 e. The molecule has 0 unspecified atom stereocenters. The largest absolute Gasteiger partial charge is 0.495 e. The minimum Gasteiger partial charge on any atom is -0.495 e. The Labute approximate surface area is 186 Å². The van der Waals surface area contributed by atoms with Gasteiger partial charge in [0.2, 0.25) is 5.91 Å². The Balaban J connectivity index is 1.59. The van der Waals surface area contributed by atoms with Crippen LogP contribution in [0, 0.1) is 5.92 Å². The summed E-state index contributed by atoms with van der Waals surface area (Å²) in [5.74, 6) is 2.23. The molecule has 0 saturated heterocycles. The smallest absolute Gasteiger partial charge is 0.230 e. The Morgan fingerprint density at radius 1 is 1.16 bits per heavy atom. The second-order valence-corrected chi connectivity index (χ2v) is 8.72. The van der Waals surface area contributed by atoms with E-state index in [1.165, 1.54) is 31.0 Å². The summed E-state index contributed by atoms with van der Waals surface area (Å²) in [6.07, 6.45) is 8.11. The lowest BCUT2D eigenvalue weighted by molar-refractivity contribution is -0.119. The third-order valence-electron chi connectivity index (χ3n) is 5.69. The molecule has 1 saturated carbocycles. The van der Waals surface area contributed by atoms with Gasteiger partial charge in [-0.15, -0.1) is 10.2 Å². The normalized spacial score (nSPS) is 18.5. The molecule has 1 N–H and O–H groups in total. The summed E-state index contributed by atoms with van der Waals surface area (Å²) < 4.78 is 7.52. The number of ether oxygens (including phenoxy) is 1. The van der Waals surface area contributed by atoms with E-state index >= 15 is 0 Å². The van der Waals surface area contributed by atoms with Crippen LogP contribution in [0.2, 0.25) is 0 Å². The number of para-hydroxylation sites is 2. The molecule has 0 aliphatic heterocycles. The zero-order valence-electron chi connectivity index (χ0n) is 17.8. The molecule has 4 rings (SSSR count). The van der Waals surface area contributed by atoms with Crippen LogP contribution in [0.3, 0.4) is 0 Å². The first kappa shape index (κ1) is 21.4. The van der Waals surface area contributed by atoms with Gasteiger partial charge in [0.05, 0.1) is 18.6 Å². The number of nitrogens with zero attached hydrogens (tertiary/aromatic N) is 4. The van der Waals surface area contributed by atoms with Gasteiger partial charge in [0.25, 0.3) is 0 Å². The summed E-state index contributed by atoms with van der Waals surface area (Å²) in [7, 11) is 1.64. The molecule has 162 valence electrons. The van der Waals surface area contributed by atoms with Crippen LogP contribution < -0.4 is 10.1 Å². The Bertz CT molecular complexity index is 1020. The predicted octanol–water partition coefficient (Wildman–Crippen LogP) is 4.12. The minimum absolute atomic E-state index is 0.0313. The van der Waals surface area contributed by atoms with Gasteiger partial charge in [-0.05, 0) is 43.0 Å². The highest BCUT2D eigenvalue weighted by molar-refractivity contribution is 7.99. The van der Waals surface area contributed by atoms with Crippen molar-refractivity contribution in [3.63, 3.8) is 0 Å². The van der Waals surface area contributed by atoms with Crippen LogP contribution in [0.25, 0.3) is 17.1 Å². The van der Waals surface area contributed by atoms with E-state index < -0.39 is 0 Å². The Morgan fingerprint density at radius 3 is 2.71 bits per heavy atom. The molecule has 7 nitrogen and oxygen atoms in total. The number of hydrogen-bond acceptors (Lipinski definition) is 6. The number of amides is 1. The van der Waals surface area contributed by atoms with Crippen molar-refractivity contribution in [2.24, 2.45) is 5.92 Å². The molecular formula is C23H27N5O2S. The number of hydrogen-bond donors (Lipinski definition) is 1. The second kappa shape index (κ2) is 9.96. The number of carbonyl (C=O) groups is 1. The van der Waals surface area contributed by atoms with E-state index in [-0.39, 0.29) is 17.7 Å². The fourth-order valence-electron chi connectivity index (χ4n) is 3.99. The monoisotopic (exact) mass is 437 g/mol. The molecule has 3 aromatic rings. The van der Waals surface area contributed by atoms with Crippen LogP contribution in [0.5, 0.6) is 5.75 Å². The lowest BCUT2D eigenvalue weighted by Gasteiger charge is -2.29. The highest BCUT2D eigenvalue weighted by atomic mass is 32.2. The van der Waals surface area contributed by atoms with Crippen molar-refractivity contribution < 1.29 is 9.53 Å². The Morgan fingerprint density at radius 2 is 1.94 bits per heavy atom. The molecule has 1 aromatic carbocycles. The zero-order valence-corrected chi connectivity index (χ0v) is 18.6.